The first-order valence-corrected chi connectivity index (χ1v) is 12.9. The molecule has 1 aliphatic rings. The molecule has 0 bridgehead atoms. The lowest BCUT2D eigenvalue weighted by atomic mass is 10.00. The second kappa shape index (κ2) is 11.0. The third kappa shape index (κ3) is 5.56. The third-order valence-corrected chi connectivity index (χ3v) is 7.35. The van der Waals surface area contributed by atoms with Gasteiger partial charge in [-0.2, -0.15) is 0 Å². The number of hydrogen-bond acceptors (Lipinski definition) is 4. The molecule has 7 heteroatoms. The molecule has 0 saturated heterocycles. The molecule has 0 spiro atoms. The van der Waals surface area contributed by atoms with Crippen molar-refractivity contribution in [3.8, 4) is 5.75 Å². The molecule has 0 saturated carbocycles. The highest BCUT2D eigenvalue weighted by molar-refractivity contribution is 7.10. The zero-order chi connectivity index (χ0) is 24.9. The average Bonchev–Trinajstić information content (AvgIpc) is 3.32. The van der Waals surface area contributed by atoms with E-state index in [4.69, 9.17) is 4.74 Å². The van der Waals surface area contributed by atoms with Crippen molar-refractivity contribution >= 4 is 23.2 Å². The van der Waals surface area contributed by atoms with Crippen LogP contribution in [0.15, 0.2) is 53.9 Å². The van der Waals surface area contributed by atoms with Gasteiger partial charge in [0.1, 0.15) is 24.7 Å². The molecule has 0 radical (unpaired) electrons. The molecule has 3 aromatic rings. The van der Waals surface area contributed by atoms with E-state index in [-0.39, 0.29) is 24.1 Å². The number of benzene rings is 2. The lowest BCUT2D eigenvalue weighted by Gasteiger charge is -2.37. The number of hydrogen-bond donors (Lipinski definition) is 0. The normalized spacial score (nSPS) is 15.0. The van der Waals surface area contributed by atoms with E-state index in [1.54, 1.807) is 23.5 Å². The maximum atomic E-state index is 14.3. The van der Waals surface area contributed by atoms with Crippen LogP contribution in [-0.4, -0.2) is 47.9 Å². The quantitative estimate of drug-likeness (QED) is 0.412. The number of ether oxygens (including phenoxy) is 1. The summed E-state index contributed by atoms with van der Waals surface area (Å²) in [6.07, 6.45) is 1.44. The standard InChI is InChI=1S/C28H31FN2O3S/c1-4-13-30(28(33)21-7-5-6-8-23(21)29)17-27(32)31-14-11-26-22(12-15-35-26)24(31)18-34-25-10-9-19(2)16-20(25)3/h5-10,12,15-16,24H,4,11,13-14,17-18H2,1-3H3. The van der Waals surface area contributed by atoms with E-state index in [0.717, 1.165) is 23.3 Å². The minimum Gasteiger partial charge on any atom is -0.491 e. The van der Waals surface area contributed by atoms with E-state index < -0.39 is 11.7 Å². The summed E-state index contributed by atoms with van der Waals surface area (Å²) in [7, 11) is 0. The summed E-state index contributed by atoms with van der Waals surface area (Å²) < 4.78 is 20.5. The maximum absolute atomic E-state index is 14.3. The molecule has 35 heavy (non-hydrogen) atoms. The van der Waals surface area contributed by atoms with Crippen molar-refractivity contribution in [2.45, 2.75) is 39.7 Å². The van der Waals surface area contributed by atoms with Gasteiger partial charge in [0.25, 0.3) is 5.91 Å². The van der Waals surface area contributed by atoms with Crippen LogP contribution in [0.4, 0.5) is 4.39 Å². The molecule has 2 aromatic carbocycles. The molecule has 184 valence electrons. The average molecular weight is 495 g/mol. The van der Waals surface area contributed by atoms with Gasteiger partial charge in [-0.3, -0.25) is 9.59 Å². The first-order valence-electron chi connectivity index (χ1n) is 12.0. The first kappa shape index (κ1) is 24.9. The molecule has 1 aliphatic heterocycles. The zero-order valence-electron chi connectivity index (χ0n) is 20.4. The van der Waals surface area contributed by atoms with Crippen LogP contribution in [0.25, 0.3) is 0 Å². The molecule has 0 fully saturated rings. The van der Waals surface area contributed by atoms with Crippen LogP contribution in [-0.2, 0) is 11.2 Å². The second-order valence-corrected chi connectivity index (χ2v) is 9.94. The van der Waals surface area contributed by atoms with E-state index in [0.29, 0.717) is 26.1 Å². The molecule has 1 aromatic heterocycles. The number of aryl methyl sites for hydroxylation is 2. The molecule has 1 unspecified atom stereocenters. The van der Waals surface area contributed by atoms with Gasteiger partial charge in [-0.15, -0.1) is 11.3 Å². The fourth-order valence-electron chi connectivity index (χ4n) is 4.59. The number of nitrogens with zero attached hydrogens (tertiary/aromatic N) is 2. The summed E-state index contributed by atoms with van der Waals surface area (Å²) in [5, 5.41) is 2.05. The van der Waals surface area contributed by atoms with Gasteiger partial charge in [-0.1, -0.05) is 36.8 Å². The summed E-state index contributed by atoms with van der Waals surface area (Å²) in [4.78, 5) is 31.2. The maximum Gasteiger partial charge on any atom is 0.257 e. The number of thiophene rings is 1. The molecule has 1 atom stereocenters. The van der Waals surface area contributed by atoms with E-state index >= 15 is 0 Å². The van der Waals surface area contributed by atoms with E-state index in [2.05, 4.69) is 12.1 Å². The SMILES string of the molecule is CCCN(CC(=O)N1CCc2sccc2C1COc1ccc(C)cc1C)C(=O)c1ccccc1F. The van der Waals surface area contributed by atoms with Crippen molar-refractivity contribution in [3.63, 3.8) is 0 Å². The number of fused-ring (bicyclic) bond motifs is 1. The van der Waals surface area contributed by atoms with Gasteiger partial charge in [0.05, 0.1) is 11.6 Å². The summed E-state index contributed by atoms with van der Waals surface area (Å²) in [6.45, 7) is 7.15. The number of carbonyl (C=O) groups is 2. The Labute approximate surface area is 210 Å². The van der Waals surface area contributed by atoms with Crippen molar-refractivity contribution < 1.29 is 18.7 Å². The van der Waals surface area contributed by atoms with Gasteiger partial charge >= 0.3 is 0 Å². The Hall–Kier alpha value is -3.19. The largest absolute Gasteiger partial charge is 0.491 e. The Balaban J connectivity index is 1.54. The molecule has 4 rings (SSSR count). The summed E-state index contributed by atoms with van der Waals surface area (Å²) in [5.74, 6) is -0.400. The summed E-state index contributed by atoms with van der Waals surface area (Å²) >= 11 is 1.70. The van der Waals surface area contributed by atoms with Crippen LogP contribution < -0.4 is 4.74 Å². The van der Waals surface area contributed by atoms with Gasteiger partial charge in [0.2, 0.25) is 5.91 Å². The van der Waals surface area contributed by atoms with Crippen molar-refractivity contribution in [3.05, 3.63) is 86.9 Å². The Morgan fingerprint density at radius 3 is 2.71 bits per heavy atom. The second-order valence-electron chi connectivity index (χ2n) is 8.94. The monoisotopic (exact) mass is 494 g/mol. The van der Waals surface area contributed by atoms with E-state index in [1.807, 2.05) is 43.2 Å². The smallest absolute Gasteiger partial charge is 0.257 e. The highest BCUT2D eigenvalue weighted by Crippen LogP contribution is 2.34. The van der Waals surface area contributed by atoms with Crippen molar-refractivity contribution in [2.24, 2.45) is 0 Å². The Morgan fingerprint density at radius 2 is 1.97 bits per heavy atom. The molecule has 0 aliphatic carbocycles. The Morgan fingerprint density at radius 1 is 1.17 bits per heavy atom. The highest BCUT2D eigenvalue weighted by Gasteiger charge is 2.34. The van der Waals surface area contributed by atoms with Crippen LogP contribution in [0.5, 0.6) is 5.75 Å². The summed E-state index contributed by atoms with van der Waals surface area (Å²) in [6, 6.07) is 13.8. The summed E-state index contributed by atoms with van der Waals surface area (Å²) in [5.41, 5.74) is 3.30. The van der Waals surface area contributed by atoms with Crippen molar-refractivity contribution in [2.75, 3.05) is 26.2 Å². The molecular formula is C28H31FN2O3S. The van der Waals surface area contributed by atoms with Crippen LogP contribution in [0.2, 0.25) is 0 Å². The van der Waals surface area contributed by atoms with Gasteiger partial charge < -0.3 is 14.5 Å². The van der Waals surface area contributed by atoms with Crippen LogP contribution in [0.1, 0.15) is 51.3 Å². The number of rotatable bonds is 8. The molecule has 0 N–H and O–H groups in total. The van der Waals surface area contributed by atoms with E-state index in [9.17, 15) is 14.0 Å². The van der Waals surface area contributed by atoms with Crippen LogP contribution in [0.3, 0.4) is 0 Å². The topological polar surface area (TPSA) is 49.9 Å². The number of halogens is 1. The van der Waals surface area contributed by atoms with Gasteiger partial charge in [-0.25, -0.2) is 4.39 Å². The van der Waals surface area contributed by atoms with Crippen molar-refractivity contribution in [1.29, 1.82) is 0 Å². The fraction of sp³-hybridized carbons (Fsp3) is 0.357. The molecule has 2 heterocycles. The first-order chi connectivity index (χ1) is 16.9. The number of carbonyl (C=O) groups excluding carboxylic acids is 2. The predicted molar refractivity (Wildman–Crippen MR) is 136 cm³/mol. The lowest BCUT2D eigenvalue weighted by molar-refractivity contribution is -0.135. The predicted octanol–water partition coefficient (Wildman–Crippen LogP) is 5.56. The lowest BCUT2D eigenvalue weighted by Crippen LogP contribution is -2.48. The molecule has 5 nitrogen and oxygen atoms in total. The van der Waals surface area contributed by atoms with Gasteiger partial charge in [-0.05, 0) is 67.5 Å². The zero-order valence-corrected chi connectivity index (χ0v) is 21.2. The number of amides is 2. The Kier molecular flexibility index (Phi) is 7.86. The Bertz CT molecular complexity index is 1210. The highest BCUT2D eigenvalue weighted by atomic mass is 32.1. The van der Waals surface area contributed by atoms with Gasteiger partial charge in [0, 0.05) is 18.0 Å². The fourth-order valence-corrected chi connectivity index (χ4v) is 5.51. The molecular weight excluding hydrogens is 463 g/mol. The molecule has 2 amide bonds. The third-order valence-electron chi connectivity index (χ3n) is 6.35. The van der Waals surface area contributed by atoms with Crippen molar-refractivity contribution in [1.82, 2.24) is 9.80 Å². The van der Waals surface area contributed by atoms with E-state index in [1.165, 1.54) is 27.5 Å². The minimum absolute atomic E-state index is 0.0118. The van der Waals surface area contributed by atoms with Gasteiger partial charge in [0.15, 0.2) is 0 Å². The minimum atomic E-state index is -0.577. The van der Waals surface area contributed by atoms with Crippen LogP contribution >= 0.6 is 11.3 Å². The van der Waals surface area contributed by atoms with Crippen LogP contribution in [0, 0.1) is 19.7 Å².